The maximum Gasteiger partial charge on any atom is 0.119 e. The Morgan fingerprint density at radius 3 is 2.85 bits per heavy atom. The van der Waals surface area contributed by atoms with Crippen LogP contribution in [0.25, 0.3) is 0 Å². The van der Waals surface area contributed by atoms with Gasteiger partial charge in [-0.3, -0.25) is 4.90 Å². The quantitative estimate of drug-likeness (QED) is 0.895. The minimum Gasteiger partial charge on any atom is -0.492 e. The highest BCUT2D eigenvalue weighted by molar-refractivity contribution is 5.27. The van der Waals surface area contributed by atoms with Crippen molar-refractivity contribution < 1.29 is 4.74 Å². The van der Waals surface area contributed by atoms with Gasteiger partial charge in [-0.2, -0.15) is 0 Å². The number of likely N-dealkylation sites (tertiary alicyclic amines) is 1. The highest BCUT2D eigenvalue weighted by atomic mass is 16.5. The van der Waals surface area contributed by atoms with Crippen LogP contribution in [0.4, 0.5) is 0 Å². The van der Waals surface area contributed by atoms with Gasteiger partial charge in [0.05, 0.1) is 0 Å². The predicted molar refractivity (Wildman–Crippen MR) is 84.3 cm³/mol. The molecule has 20 heavy (non-hydrogen) atoms. The first-order valence-corrected chi connectivity index (χ1v) is 7.72. The van der Waals surface area contributed by atoms with Crippen LogP contribution >= 0.6 is 0 Å². The highest BCUT2D eigenvalue weighted by Crippen LogP contribution is 2.23. The summed E-state index contributed by atoms with van der Waals surface area (Å²) in [6.07, 6.45) is 1.23. The lowest BCUT2D eigenvalue weighted by atomic mass is 9.87. The van der Waals surface area contributed by atoms with Crippen LogP contribution in [0.5, 0.6) is 5.75 Å². The van der Waals surface area contributed by atoms with Gasteiger partial charge in [0.1, 0.15) is 12.4 Å². The molecule has 0 radical (unpaired) electrons. The molecule has 1 aliphatic rings. The summed E-state index contributed by atoms with van der Waals surface area (Å²) in [5, 5.41) is 3.43. The largest absolute Gasteiger partial charge is 0.492 e. The van der Waals surface area contributed by atoms with Gasteiger partial charge in [0.2, 0.25) is 0 Å². The zero-order valence-electron chi connectivity index (χ0n) is 13.2. The van der Waals surface area contributed by atoms with Crippen molar-refractivity contribution in [3.63, 3.8) is 0 Å². The molecule has 1 aromatic carbocycles. The average molecular weight is 276 g/mol. The molecule has 3 atom stereocenters. The molecule has 112 valence electrons. The van der Waals surface area contributed by atoms with Crippen molar-refractivity contribution in [2.75, 3.05) is 26.7 Å². The van der Waals surface area contributed by atoms with Gasteiger partial charge >= 0.3 is 0 Å². The molecule has 2 rings (SSSR count). The van der Waals surface area contributed by atoms with Crippen LogP contribution in [0, 0.1) is 12.8 Å². The molecule has 0 aromatic heterocycles. The first-order valence-electron chi connectivity index (χ1n) is 7.72. The predicted octanol–water partition coefficient (Wildman–Crippen LogP) is 2.69. The summed E-state index contributed by atoms with van der Waals surface area (Å²) < 4.78 is 5.87. The Balaban J connectivity index is 1.80. The SMILES string of the molecule is CNC1CCN(CCOc2cccc(C)c2)C(C)C1C. The van der Waals surface area contributed by atoms with E-state index in [1.165, 1.54) is 12.0 Å². The van der Waals surface area contributed by atoms with Gasteiger partial charge in [-0.05, 0) is 50.9 Å². The number of benzene rings is 1. The first-order chi connectivity index (χ1) is 9.61. The fourth-order valence-electron chi connectivity index (χ4n) is 3.15. The standard InChI is InChI=1S/C17H28N2O/c1-13-6-5-7-16(12-13)20-11-10-19-9-8-17(18-4)14(2)15(19)3/h5-7,12,14-15,17-18H,8-11H2,1-4H3. The van der Waals surface area contributed by atoms with Crippen LogP contribution in [-0.4, -0.2) is 43.7 Å². The lowest BCUT2D eigenvalue weighted by Crippen LogP contribution is -2.53. The van der Waals surface area contributed by atoms with Crippen LogP contribution in [-0.2, 0) is 0 Å². The van der Waals surface area contributed by atoms with Crippen molar-refractivity contribution in [3.8, 4) is 5.75 Å². The van der Waals surface area contributed by atoms with E-state index in [0.29, 0.717) is 18.0 Å². The fraction of sp³-hybridized carbons (Fsp3) is 0.647. The van der Waals surface area contributed by atoms with E-state index in [2.05, 4.69) is 50.2 Å². The number of nitrogens with zero attached hydrogens (tertiary/aromatic N) is 1. The number of hydrogen-bond acceptors (Lipinski definition) is 3. The van der Waals surface area contributed by atoms with E-state index in [-0.39, 0.29) is 0 Å². The molecule has 1 heterocycles. The summed E-state index contributed by atoms with van der Waals surface area (Å²) >= 11 is 0. The van der Waals surface area contributed by atoms with Crippen LogP contribution in [0.2, 0.25) is 0 Å². The van der Waals surface area contributed by atoms with Gasteiger partial charge in [-0.15, -0.1) is 0 Å². The molecular formula is C17H28N2O. The van der Waals surface area contributed by atoms with E-state index in [4.69, 9.17) is 4.74 Å². The van der Waals surface area contributed by atoms with Gasteiger partial charge in [0, 0.05) is 25.2 Å². The second kappa shape index (κ2) is 7.09. The van der Waals surface area contributed by atoms with E-state index in [1.807, 2.05) is 12.1 Å². The molecule has 0 amide bonds. The molecule has 3 unspecified atom stereocenters. The summed E-state index contributed by atoms with van der Waals surface area (Å²) in [6, 6.07) is 9.54. The van der Waals surface area contributed by atoms with E-state index in [1.54, 1.807) is 0 Å². The number of piperidine rings is 1. The maximum absolute atomic E-state index is 5.87. The smallest absolute Gasteiger partial charge is 0.119 e. The van der Waals surface area contributed by atoms with Gasteiger partial charge in [-0.25, -0.2) is 0 Å². The van der Waals surface area contributed by atoms with E-state index in [0.717, 1.165) is 25.4 Å². The Morgan fingerprint density at radius 2 is 2.15 bits per heavy atom. The minimum atomic E-state index is 0.613. The van der Waals surface area contributed by atoms with Crippen LogP contribution in [0.1, 0.15) is 25.8 Å². The molecule has 3 nitrogen and oxygen atoms in total. The number of rotatable bonds is 5. The number of aryl methyl sites for hydroxylation is 1. The van der Waals surface area contributed by atoms with Crippen molar-refractivity contribution in [1.29, 1.82) is 0 Å². The first kappa shape index (κ1) is 15.3. The average Bonchev–Trinajstić information content (AvgIpc) is 2.44. The van der Waals surface area contributed by atoms with Crippen molar-refractivity contribution in [3.05, 3.63) is 29.8 Å². The van der Waals surface area contributed by atoms with Crippen molar-refractivity contribution in [1.82, 2.24) is 10.2 Å². The number of ether oxygens (including phenoxy) is 1. The van der Waals surface area contributed by atoms with Gasteiger partial charge in [-0.1, -0.05) is 19.1 Å². The van der Waals surface area contributed by atoms with Crippen molar-refractivity contribution >= 4 is 0 Å². The van der Waals surface area contributed by atoms with Crippen LogP contribution in [0.15, 0.2) is 24.3 Å². The molecule has 3 heteroatoms. The molecule has 1 saturated heterocycles. The fourth-order valence-corrected chi connectivity index (χ4v) is 3.15. The summed E-state index contributed by atoms with van der Waals surface area (Å²) in [5.41, 5.74) is 1.25. The van der Waals surface area contributed by atoms with E-state index < -0.39 is 0 Å². The summed E-state index contributed by atoms with van der Waals surface area (Å²) in [5.74, 6) is 1.67. The molecular weight excluding hydrogens is 248 g/mol. The molecule has 0 spiro atoms. The third kappa shape index (κ3) is 3.74. The normalized spacial score (nSPS) is 27.5. The van der Waals surface area contributed by atoms with Gasteiger partial charge < -0.3 is 10.1 Å². The molecule has 0 saturated carbocycles. The molecule has 1 aromatic rings. The second-order valence-electron chi connectivity index (χ2n) is 5.98. The Kier molecular flexibility index (Phi) is 5.44. The molecule has 1 aliphatic heterocycles. The Labute approximate surface area is 123 Å². The third-order valence-electron chi connectivity index (χ3n) is 4.71. The van der Waals surface area contributed by atoms with Gasteiger partial charge in [0.15, 0.2) is 0 Å². The second-order valence-corrected chi connectivity index (χ2v) is 5.98. The zero-order valence-corrected chi connectivity index (χ0v) is 13.2. The van der Waals surface area contributed by atoms with E-state index in [9.17, 15) is 0 Å². The van der Waals surface area contributed by atoms with E-state index >= 15 is 0 Å². The molecule has 0 bridgehead atoms. The summed E-state index contributed by atoms with van der Waals surface area (Å²) in [6.45, 7) is 9.72. The minimum absolute atomic E-state index is 0.613. The molecule has 1 fully saturated rings. The van der Waals surface area contributed by atoms with Crippen LogP contribution < -0.4 is 10.1 Å². The summed E-state index contributed by atoms with van der Waals surface area (Å²) in [7, 11) is 2.07. The Morgan fingerprint density at radius 1 is 1.35 bits per heavy atom. The van der Waals surface area contributed by atoms with Gasteiger partial charge in [0.25, 0.3) is 0 Å². The lowest BCUT2D eigenvalue weighted by Gasteiger charge is -2.42. The summed E-state index contributed by atoms with van der Waals surface area (Å²) in [4.78, 5) is 2.55. The maximum atomic E-state index is 5.87. The van der Waals surface area contributed by atoms with Crippen molar-refractivity contribution in [2.24, 2.45) is 5.92 Å². The molecule has 0 aliphatic carbocycles. The Hall–Kier alpha value is -1.06. The third-order valence-corrected chi connectivity index (χ3v) is 4.71. The zero-order chi connectivity index (χ0) is 14.5. The van der Waals surface area contributed by atoms with Crippen LogP contribution in [0.3, 0.4) is 0 Å². The monoisotopic (exact) mass is 276 g/mol. The number of nitrogens with one attached hydrogen (secondary N) is 1. The Bertz CT molecular complexity index is 421. The highest BCUT2D eigenvalue weighted by Gasteiger charge is 2.31. The van der Waals surface area contributed by atoms with Crippen molar-refractivity contribution in [2.45, 2.75) is 39.3 Å². The number of hydrogen-bond donors (Lipinski definition) is 1. The lowest BCUT2D eigenvalue weighted by molar-refractivity contribution is 0.0741. The molecule has 1 N–H and O–H groups in total. The topological polar surface area (TPSA) is 24.5 Å².